The van der Waals surface area contributed by atoms with Gasteiger partial charge in [-0.15, -0.1) is 0 Å². The number of halogens is 3. The summed E-state index contributed by atoms with van der Waals surface area (Å²) < 4.78 is 64.2. The third-order valence-corrected chi connectivity index (χ3v) is 3.55. The van der Waals surface area contributed by atoms with E-state index in [0.717, 1.165) is 6.20 Å². The molecule has 1 heterocycles. The summed E-state index contributed by atoms with van der Waals surface area (Å²) in [7, 11) is -4.06. The molecule has 1 aliphatic heterocycles. The van der Waals surface area contributed by atoms with Crippen LogP contribution in [0, 0.1) is 17.5 Å². The molecule has 0 radical (unpaired) electrons. The number of aliphatic hydroxyl groups excluding tert-OH is 1. The second kappa shape index (κ2) is 4.09. The van der Waals surface area contributed by atoms with Gasteiger partial charge in [0.15, 0.2) is 0 Å². The zero-order valence-corrected chi connectivity index (χ0v) is 9.51. The van der Waals surface area contributed by atoms with Crippen LogP contribution in [0.3, 0.4) is 0 Å². The van der Waals surface area contributed by atoms with Crippen molar-refractivity contribution in [2.75, 3.05) is 0 Å². The Morgan fingerprint density at radius 2 is 1.78 bits per heavy atom. The summed E-state index contributed by atoms with van der Waals surface area (Å²) in [6.07, 6.45) is 0.761. The molecule has 0 fully saturated rings. The summed E-state index contributed by atoms with van der Waals surface area (Å²) in [6.45, 7) is -0.697. The maximum absolute atomic E-state index is 13.3. The molecule has 1 aromatic rings. The van der Waals surface area contributed by atoms with E-state index in [1.807, 2.05) is 0 Å². The van der Waals surface area contributed by atoms with Gasteiger partial charge in [-0.1, -0.05) is 0 Å². The van der Waals surface area contributed by atoms with Crippen molar-refractivity contribution < 1.29 is 26.7 Å². The van der Waals surface area contributed by atoms with Gasteiger partial charge in [-0.2, -0.15) is 8.42 Å². The fraction of sp³-hybridized carbons (Fsp3) is 0.111. The van der Waals surface area contributed by atoms with Crippen LogP contribution in [0.15, 0.2) is 24.2 Å². The molecular weight excluding hydrogens is 273 g/mol. The quantitative estimate of drug-likeness (QED) is 0.852. The minimum absolute atomic E-state index is 0.443. The number of rotatable bonds is 2. The van der Waals surface area contributed by atoms with Crippen molar-refractivity contribution in [1.82, 2.24) is 9.03 Å². The Labute approximate surface area is 100 Å². The SMILES string of the molecule is O=S1(=O)NC(O)=CN1Cc1c(F)cc(F)cc1F. The molecule has 0 aromatic heterocycles. The second-order valence-corrected chi connectivity index (χ2v) is 5.14. The Bertz CT molecular complexity index is 607. The van der Waals surface area contributed by atoms with Crippen molar-refractivity contribution in [3.8, 4) is 0 Å². The van der Waals surface area contributed by atoms with Gasteiger partial charge in [-0.3, -0.25) is 4.31 Å². The van der Waals surface area contributed by atoms with Crippen molar-refractivity contribution in [3.05, 3.63) is 47.2 Å². The standard InChI is InChI=1S/C9H7F3N2O3S/c10-5-1-7(11)6(8(12)2-5)3-14-4-9(15)13-18(14,16)17/h1-2,4,13,15H,3H2. The number of aliphatic hydroxyl groups is 1. The van der Waals surface area contributed by atoms with Crippen LogP contribution >= 0.6 is 0 Å². The van der Waals surface area contributed by atoms with Crippen LogP contribution in [-0.2, 0) is 16.8 Å². The number of nitrogens with one attached hydrogen (secondary N) is 1. The minimum atomic E-state index is -4.06. The van der Waals surface area contributed by atoms with Gasteiger partial charge >= 0.3 is 10.2 Å². The molecule has 18 heavy (non-hydrogen) atoms. The van der Waals surface area contributed by atoms with Gasteiger partial charge in [-0.05, 0) is 0 Å². The summed E-state index contributed by atoms with van der Waals surface area (Å²) in [6, 6.07) is 0.885. The van der Waals surface area contributed by atoms with Crippen molar-refractivity contribution >= 4 is 10.2 Å². The van der Waals surface area contributed by atoms with Gasteiger partial charge < -0.3 is 5.11 Å². The number of hydrogen-bond acceptors (Lipinski definition) is 3. The lowest BCUT2D eigenvalue weighted by Crippen LogP contribution is -2.30. The highest BCUT2D eigenvalue weighted by Crippen LogP contribution is 2.20. The molecule has 0 amide bonds. The Hall–Kier alpha value is -1.90. The number of nitrogens with zero attached hydrogens (tertiary/aromatic N) is 1. The van der Waals surface area contributed by atoms with Crippen LogP contribution in [-0.4, -0.2) is 17.8 Å². The van der Waals surface area contributed by atoms with E-state index in [1.165, 1.54) is 0 Å². The number of hydrogen-bond donors (Lipinski definition) is 2. The lowest BCUT2D eigenvalue weighted by molar-refractivity contribution is 0.389. The fourth-order valence-electron chi connectivity index (χ4n) is 1.43. The van der Waals surface area contributed by atoms with E-state index < -0.39 is 45.7 Å². The highest BCUT2D eigenvalue weighted by molar-refractivity contribution is 7.87. The number of benzene rings is 1. The minimum Gasteiger partial charge on any atom is -0.493 e. The lowest BCUT2D eigenvalue weighted by atomic mass is 10.2. The molecule has 5 nitrogen and oxygen atoms in total. The first kappa shape index (κ1) is 12.6. The summed E-state index contributed by atoms with van der Waals surface area (Å²) in [5.74, 6) is -4.18. The van der Waals surface area contributed by atoms with Crippen LogP contribution in [0.1, 0.15) is 5.56 Å². The smallest absolute Gasteiger partial charge is 0.326 e. The molecule has 2 N–H and O–H groups in total. The van der Waals surface area contributed by atoms with E-state index >= 15 is 0 Å². The van der Waals surface area contributed by atoms with Gasteiger partial charge in [-0.25, -0.2) is 17.9 Å². The van der Waals surface area contributed by atoms with Gasteiger partial charge in [0.25, 0.3) is 0 Å². The molecule has 98 valence electrons. The molecule has 9 heteroatoms. The average molecular weight is 280 g/mol. The zero-order chi connectivity index (χ0) is 13.5. The Morgan fingerprint density at radius 3 is 2.22 bits per heavy atom. The highest BCUT2D eigenvalue weighted by Gasteiger charge is 2.29. The molecule has 1 aromatic carbocycles. The molecule has 2 rings (SSSR count). The third kappa shape index (κ3) is 2.21. The summed E-state index contributed by atoms with van der Waals surface area (Å²) >= 11 is 0. The van der Waals surface area contributed by atoms with Crippen molar-refractivity contribution in [3.63, 3.8) is 0 Å². The van der Waals surface area contributed by atoms with E-state index in [1.54, 1.807) is 4.72 Å². The summed E-state index contributed by atoms with van der Waals surface area (Å²) in [4.78, 5) is 0. The van der Waals surface area contributed by atoms with Gasteiger partial charge in [0.2, 0.25) is 5.88 Å². The zero-order valence-electron chi connectivity index (χ0n) is 8.69. The highest BCUT2D eigenvalue weighted by atomic mass is 32.2. The molecule has 1 aliphatic rings. The molecule has 0 unspecified atom stereocenters. The van der Waals surface area contributed by atoms with E-state index in [-0.39, 0.29) is 0 Å². The fourth-order valence-corrected chi connectivity index (χ4v) is 2.40. The van der Waals surface area contributed by atoms with Crippen LogP contribution in [0.2, 0.25) is 0 Å². The third-order valence-electron chi connectivity index (χ3n) is 2.23. The summed E-state index contributed by atoms with van der Waals surface area (Å²) in [5, 5.41) is 8.98. The normalized spacial score (nSPS) is 17.5. The first-order chi connectivity index (χ1) is 8.29. The molecule has 0 aliphatic carbocycles. The van der Waals surface area contributed by atoms with E-state index in [0.29, 0.717) is 16.4 Å². The Balaban J connectivity index is 2.36. The van der Waals surface area contributed by atoms with Crippen molar-refractivity contribution in [1.29, 1.82) is 0 Å². The predicted octanol–water partition coefficient (Wildman–Crippen LogP) is 1.11. The first-order valence-corrected chi connectivity index (χ1v) is 6.07. The van der Waals surface area contributed by atoms with Crippen LogP contribution in [0.4, 0.5) is 13.2 Å². The molecule has 0 saturated heterocycles. The Kier molecular flexibility index (Phi) is 2.85. The monoisotopic (exact) mass is 280 g/mol. The topological polar surface area (TPSA) is 69.6 Å². The van der Waals surface area contributed by atoms with E-state index in [9.17, 15) is 21.6 Å². The molecule has 0 spiro atoms. The molecule has 0 atom stereocenters. The van der Waals surface area contributed by atoms with Crippen molar-refractivity contribution in [2.45, 2.75) is 6.54 Å². The van der Waals surface area contributed by atoms with Crippen LogP contribution in [0.25, 0.3) is 0 Å². The van der Waals surface area contributed by atoms with Gasteiger partial charge in [0.05, 0.1) is 12.7 Å². The first-order valence-electron chi connectivity index (χ1n) is 4.63. The Morgan fingerprint density at radius 1 is 1.22 bits per heavy atom. The lowest BCUT2D eigenvalue weighted by Gasteiger charge is -2.14. The summed E-state index contributed by atoms with van der Waals surface area (Å²) in [5.41, 5.74) is -0.618. The molecule has 0 bridgehead atoms. The van der Waals surface area contributed by atoms with Crippen molar-refractivity contribution in [2.24, 2.45) is 0 Å². The molecule has 0 saturated carbocycles. The molecular formula is C9H7F3N2O3S. The van der Waals surface area contributed by atoms with E-state index in [2.05, 4.69) is 0 Å². The van der Waals surface area contributed by atoms with E-state index in [4.69, 9.17) is 5.11 Å². The largest absolute Gasteiger partial charge is 0.493 e. The second-order valence-electron chi connectivity index (χ2n) is 3.51. The van der Waals surface area contributed by atoms with Gasteiger partial charge in [0, 0.05) is 17.7 Å². The average Bonchev–Trinajstić information content (AvgIpc) is 2.45. The maximum atomic E-state index is 13.3. The van der Waals surface area contributed by atoms with Crippen LogP contribution < -0.4 is 4.72 Å². The van der Waals surface area contributed by atoms with Gasteiger partial charge in [0.1, 0.15) is 17.5 Å². The van der Waals surface area contributed by atoms with Crippen LogP contribution in [0.5, 0.6) is 0 Å². The predicted molar refractivity (Wildman–Crippen MR) is 54.6 cm³/mol. The maximum Gasteiger partial charge on any atom is 0.326 e.